The van der Waals surface area contributed by atoms with Crippen molar-refractivity contribution in [3.63, 3.8) is 0 Å². The minimum Gasteiger partial charge on any atom is -0.345 e. The highest BCUT2D eigenvalue weighted by atomic mass is 35.5. The smallest absolute Gasteiger partial charge is 0.345 e. The second kappa shape index (κ2) is 6.57. The fourth-order valence-corrected chi connectivity index (χ4v) is 2.26. The van der Waals surface area contributed by atoms with Gasteiger partial charge in [0.1, 0.15) is 10.8 Å². The number of nitrogens with one attached hydrogen (secondary N) is 1. The van der Waals surface area contributed by atoms with Crippen molar-refractivity contribution in [1.82, 2.24) is 20.1 Å². The van der Waals surface area contributed by atoms with E-state index in [0.29, 0.717) is 17.7 Å². The molecule has 0 aromatic carbocycles. The number of carbonyl (C=O) groups is 1. The number of pyridine rings is 1. The zero-order valence-corrected chi connectivity index (χ0v) is 13.1. The maximum Gasteiger partial charge on any atom is 0.433 e. The summed E-state index contributed by atoms with van der Waals surface area (Å²) in [6, 6.07) is 1.44. The van der Waals surface area contributed by atoms with Crippen molar-refractivity contribution < 1.29 is 18.0 Å². The van der Waals surface area contributed by atoms with E-state index in [1.165, 1.54) is 12.3 Å². The molecule has 0 fully saturated rings. The number of halogens is 4. The Hall–Kier alpha value is -2.09. The van der Waals surface area contributed by atoms with E-state index in [9.17, 15) is 18.0 Å². The van der Waals surface area contributed by atoms with Gasteiger partial charge in [-0.3, -0.25) is 9.48 Å². The predicted molar refractivity (Wildman–Crippen MR) is 78.0 cm³/mol. The van der Waals surface area contributed by atoms with E-state index in [1.54, 1.807) is 17.8 Å². The first-order valence-corrected chi connectivity index (χ1v) is 7.17. The maximum atomic E-state index is 12.6. The molecule has 0 aliphatic carbocycles. The topological polar surface area (TPSA) is 59.8 Å². The Balaban J connectivity index is 2.14. The van der Waals surface area contributed by atoms with Crippen LogP contribution in [-0.4, -0.2) is 20.7 Å². The highest BCUT2D eigenvalue weighted by molar-refractivity contribution is 6.30. The van der Waals surface area contributed by atoms with Crippen LogP contribution in [-0.2, 0) is 12.7 Å². The van der Waals surface area contributed by atoms with Gasteiger partial charge in [-0.25, -0.2) is 4.98 Å². The molecule has 2 aromatic heterocycles. The molecule has 0 aliphatic heterocycles. The van der Waals surface area contributed by atoms with Crippen LogP contribution in [0.4, 0.5) is 13.2 Å². The standard InChI is InChI=1S/C14H14ClF3N4O/c1-3-22-7-9(6-19-22)13(23)20-8(2)10-4-5-11(14(16,17)18)21-12(10)15/h4-8H,3H2,1-2H3,(H,20,23)/t8-/m1/s1. The number of nitrogens with zero attached hydrogens (tertiary/aromatic N) is 3. The van der Waals surface area contributed by atoms with Crippen molar-refractivity contribution in [3.05, 3.63) is 46.5 Å². The van der Waals surface area contributed by atoms with Crippen LogP contribution < -0.4 is 5.32 Å². The van der Waals surface area contributed by atoms with Gasteiger partial charge in [-0.1, -0.05) is 17.7 Å². The van der Waals surface area contributed by atoms with Crippen LogP contribution in [0.2, 0.25) is 5.15 Å². The van der Waals surface area contributed by atoms with E-state index in [4.69, 9.17) is 11.6 Å². The molecule has 0 radical (unpaired) electrons. The monoisotopic (exact) mass is 346 g/mol. The molecule has 9 heteroatoms. The minimum atomic E-state index is -4.57. The lowest BCUT2D eigenvalue weighted by molar-refractivity contribution is -0.141. The van der Waals surface area contributed by atoms with E-state index in [1.807, 2.05) is 6.92 Å². The van der Waals surface area contributed by atoms with E-state index in [-0.39, 0.29) is 5.15 Å². The second-order valence-electron chi connectivity index (χ2n) is 4.85. The molecule has 1 atom stereocenters. The molecule has 1 N–H and O–H groups in total. The Morgan fingerprint density at radius 1 is 1.43 bits per heavy atom. The Bertz CT molecular complexity index is 714. The Labute approximate surface area is 135 Å². The SMILES string of the molecule is CCn1cc(C(=O)N[C@H](C)c2ccc(C(F)(F)F)nc2Cl)cn1. The average Bonchev–Trinajstić information content (AvgIpc) is 2.95. The third-order valence-corrected chi connectivity index (χ3v) is 3.50. The Morgan fingerprint density at radius 2 is 2.13 bits per heavy atom. The molecule has 2 rings (SSSR count). The van der Waals surface area contributed by atoms with E-state index >= 15 is 0 Å². The number of alkyl halides is 3. The fraction of sp³-hybridized carbons (Fsp3) is 0.357. The Morgan fingerprint density at radius 3 is 2.65 bits per heavy atom. The van der Waals surface area contributed by atoms with Crippen LogP contribution in [0, 0.1) is 0 Å². The van der Waals surface area contributed by atoms with Gasteiger partial charge in [0.2, 0.25) is 0 Å². The van der Waals surface area contributed by atoms with E-state index in [2.05, 4.69) is 15.4 Å². The first-order chi connectivity index (χ1) is 10.7. The minimum absolute atomic E-state index is 0.295. The number of aromatic nitrogens is 3. The first-order valence-electron chi connectivity index (χ1n) is 6.79. The molecule has 23 heavy (non-hydrogen) atoms. The number of carbonyl (C=O) groups excluding carboxylic acids is 1. The number of hydrogen-bond donors (Lipinski definition) is 1. The first kappa shape index (κ1) is 17.3. The number of amides is 1. The summed E-state index contributed by atoms with van der Waals surface area (Å²) in [6.07, 6.45) is -1.57. The molecule has 2 aromatic rings. The normalized spacial score (nSPS) is 13.0. The molecule has 0 saturated heterocycles. The zero-order valence-electron chi connectivity index (χ0n) is 12.4. The van der Waals surface area contributed by atoms with Gasteiger partial charge in [-0.15, -0.1) is 0 Å². The molecule has 5 nitrogen and oxygen atoms in total. The van der Waals surface area contributed by atoms with Crippen molar-refractivity contribution in [2.45, 2.75) is 32.6 Å². The highest BCUT2D eigenvalue weighted by Crippen LogP contribution is 2.31. The third kappa shape index (κ3) is 4.01. The van der Waals surface area contributed by atoms with Crippen molar-refractivity contribution in [2.24, 2.45) is 0 Å². The van der Waals surface area contributed by atoms with Crippen LogP contribution in [0.1, 0.15) is 41.5 Å². The molecule has 0 unspecified atom stereocenters. The lowest BCUT2D eigenvalue weighted by atomic mass is 10.1. The summed E-state index contributed by atoms with van der Waals surface area (Å²) in [6.45, 7) is 4.11. The van der Waals surface area contributed by atoms with E-state index < -0.39 is 23.8 Å². The molecule has 0 saturated carbocycles. The van der Waals surface area contributed by atoms with Gasteiger partial charge in [-0.05, 0) is 19.9 Å². The number of aryl methyl sites for hydroxylation is 1. The lowest BCUT2D eigenvalue weighted by Gasteiger charge is -2.16. The molecule has 1 amide bonds. The van der Waals surface area contributed by atoms with Crippen molar-refractivity contribution in [2.75, 3.05) is 0 Å². The van der Waals surface area contributed by atoms with Crippen LogP contribution in [0.15, 0.2) is 24.5 Å². The van der Waals surface area contributed by atoms with Gasteiger partial charge >= 0.3 is 6.18 Å². The molecule has 124 valence electrons. The number of hydrogen-bond acceptors (Lipinski definition) is 3. The van der Waals surface area contributed by atoms with Crippen LogP contribution in [0.5, 0.6) is 0 Å². The van der Waals surface area contributed by atoms with Crippen molar-refractivity contribution >= 4 is 17.5 Å². The van der Waals surface area contributed by atoms with Crippen LogP contribution in [0.25, 0.3) is 0 Å². The quantitative estimate of drug-likeness (QED) is 0.862. The summed E-state index contributed by atoms with van der Waals surface area (Å²) >= 11 is 5.81. The van der Waals surface area contributed by atoms with E-state index in [0.717, 1.165) is 6.07 Å². The largest absolute Gasteiger partial charge is 0.433 e. The van der Waals surface area contributed by atoms with Crippen molar-refractivity contribution in [1.29, 1.82) is 0 Å². The third-order valence-electron chi connectivity index (χ3n) is 3.20. The maximum absolute atomic E-state index is 12.6. The Kier molecular flexibility index (Phi) is 4.93. The molecular weight excluding hydrogens is 333 g/mol. The molecular formula is C14H14ClF3N4O. The zero-order chi connectivity index (χ0) is 17.2. The predicted octanol–water partition coefficient (Wildman–Crippen LogP) is 3.46. The second-order valence-corrected chi connectivity index (χ2v) is 5.21. The lowest BCUT2D eigenvalue weighted by Crippen LogP contribution is -2.27. The van der Waals surface area contributed by atoms with Gasteiger partial charge in [0.25, 0.3) is 5.91 Å². The van der Waals surface area contributed by atoms with Crippen LogP contribution in [0.3, 0.4) is 0 Å². The molecule has 0 bridgehead atoms. The summed E-state index contributed by atoms with van der Waals surface area (Å²) in [5.41, 5.74) is -0.417. The molecule has 0 aliphatic rings. The van der Waals surface area contributed by atoms with Crippen LogP contribution >= 0.6 is 11.6 Å². The van der Waals surface area contributed by atoms with Crippen molar-refractivity contribution in [3.8, 4) is 0 Å². The van der Waals surface area contributed by atoms with Gasteiger partial charge in [0, 0.05) is 18.3 Å². The highest BCUT2D eigenvalue weighted by Gasteiger charge is 2.33. The summed E-state index contributed by atoms with van der Waals surface area (Å²) in [5, 5.41) is 6.34. The molecule has 0 spiro atoms. The van der Waals surface area contributed by atoms with Gasteiger partial charge in [0.05, 0.1) is 17.8 Å². The summed E-state index contributed by atoms with van der Waals surface area (Å²) in [4.78, 5) is 15.4. The fourth-order valence-electron chi connectivity index (χ4n) is 1.94. The summed E-state index contributed by atoms with van der Waals surface area (Å²) in [5.74, 6) is -0.395. The summed E-state index contributed by atoms with van der Waals surface area (Å²) < 4.78 is 39.3. The van der Waals surface area contributed by atoms with Gasteiger partial charge in [-0.2, -0.15) is 18.3 Å². The van der Waals surface area contributed by atoms with Gasteiger partial charge in [0.15, 0.2) is 0 Å². The summed E-state index contributed by atoms with van der Waals surface area (Å²) in [7, 11) is 0. The van der Waals surface area contributed by atoms with Gasteiger partial charge < -0.3 is 5.32 Å². The average molecular weight is 347 g/mol. The number of rotatable bonds is 4. The molecule has 2 heterocycles.